The Balaban J connectivity index is 0. The van der Waals surface area contributed by atoms with Gasteiger partial charge >= 0.3 is 61.6 Å². The Morgan fingerprint density at radius 3 is 1.23 bits per heavy atom. The van der Waals surface area contributed by atoms with E-state index < -0.39 is 78.7 Å². The zero-order valence-electron chi connectivity index (χ0n) is 19.9. The molecule has 0 aromatic rings. The summed E-state index contributed by atoms with van der Waals surface area (Å²) in [7, 11) is 0. The van der Waals surface area contributed by atoms with Crippen LogP contribution in [0.5, 0.6) is 0 Å². The zero-order chi connectivity index (χ0) is 26.9. The molecular formula is C20H30CaN2O12. The van der Waals surface area contributed by atoms with Crippen LogP contribution in [0.2, 0.25) is 0 Å². The van der Waals surface area contributed by atoms with E-state index in [-0.39, 0.29) is 50.8 Å². The van der Waals surface area contributed by atoms with Gasteiger partial charge in [-0.3, -0.25) is 29.0 Å². The molecule has 0 saturated heterocycles. The summed E-state index contributed by atoms with van der Waals surface area (Å²) < 4.78 is 0. The van der Waals surface area contributed by atoms with E-state index in [1.54, 1.807) is 20.8 Å². The maximum atomic E-state index is 11.0. The standard InChI is InChI=1S/C10H16N2O8.C10H16O4.Ca/c13-7(14)3-11(4-8(15)16)1-2-12(5-9(17)18)6-10(19)20;1-9(2)6(7(11)12)4-5-10(9,3)8(13)14;/h1-6H2,(H,13,14)(H,15,16)(H,17,18)(H,19,20);6H,4-5H2,1-3H3,(H,11,12)(H,13,14);/q;;+2/p-2. The van der Waals surface area contributed by atoms with E-state index in [1.165, 1.54) is 0 Å². The van der Waals surface area contributed by atoms with Crippen molar-refractivity contribution in [3.63, 3.8) is 0 Å². The monoisotopic (exact) mass is 530 g/mol. The van der Waals surface area contributed by atoms with Crippen molar-refractivity contribution >= 4 is 73.6 Å². The van der Waals surface area contributed by atoms with Gasteiger partial charge in [0, 0.05) is 36.4 Å². The van der Waals surface area contributed by atoms with Crippen molar-refractivity contribution in [1.82, 2.24) is 9.80 Å². The second-order valence-electron chi connectivity index (χ2n) is 8.75. The molecule has 1 fully saturated rings. The molecule has 0 spiro atoms. The molecule has 14 nitrogen and oxygen atoms in total. The predicted octanol–water partition coefficient (Wildman–Crippen LogP) is -3.52. The van der Waals surface area contributed by atoms with E-state index in [9.17, 15) is 39.0 Å². The molecule has 1 aliphatic rings. The van der Waals surface area contributed by atoms with Gasteiger partial charge in [-0.25, -0.2) is 0 Å². The van der Waals surface area contributed by atoms with E-state index in [0.717, 1.165) is 9.80 Å². The van der Waals surface area contributed by atoms with Crippen LogP contribution in [-0.2, 0) is 28.8 Å². The van der Waals surface area contributed by atoms with Gasteiger partial charge in [0.05, 0.1) is 26.2 Å². The smallest absolute Gasteiger partial charge is 0.550 e. The molecule has 1 rings (SSSR count). The van der Waals surface area contributed by atoms with Crippen LogP contribution in [-0.4, -0.2) is 143 Å². The molecule has 194 valence electrons. The summed E-state index contributed by atoms with van der Waals surface area (Å²) >= 11 is 0. The molecule has 0 aromatic carbocycles. The molecule has 0 aliphatic heterocycles. The van der Waals surface area contributed by atoms with Crippen molar-refractivity contribution in [2.45, 2.75) is 33.6 Å². The van der Waals surface area contributed by atoms with Gasteiger partial charge in [0.25, 0.3) is 0 Å². The minimum Gasteiger partial charge on any atom is -0.550 e. The van der Waals surface area contributed by atoms with Gasteiger partial charge in [0.15, 0.2) is 0 Å². The van der Waals surface area contributed by atoms with Gasteiger partial charge < -0.3 is 40.2 Å². The largest absolute Gasteiger partial charge is 2.00 e. The van der Waals surface area contributed by atoms with Crippen LogP contribution >= 0.6 is 0 Å². The topological polar surface area (TPSA) is 236 Å². The van der Waals surface area contributed by atoms with Crippen molar-refractivity contribution < 1.29 is 59.4 Å². The van der Waals surface area contributed by atoms with Gasteiger partial charge in [-0.1, -0.05) is 20.8 Å². The van der Waals surface area contributed by atoms with E-state index in [0.29, 0.717) is 12.8 Å². The Morgan fingerprint density at radius 2 is 1.06 bits per heavy atom. The third kappa shape index (κ3) is 11.5. The molecule has 0 aromatic heterocycles. The second kappa shape index (κ2) is 15.2. The molecule has 0 bridgehead atoms. The maximum Gasteiger partial charge on any atom is 2.00 e. The Labute approximate surface area is 231 Å². The number of carbonyl (C=O) groups excluding carboxylic acids is 2. The molecule has 1 saturated carbocycles. The van der Waals surface area contributed by atoms with Crippen LogP contribution in [0.3, 0.4) is 0 Å². The van der Waals surface area contributed by atoms with Crippen molar-refractivity contribution in [1.29, 1.82) is 0 Å². The maximum absolute atomic E-state index is 11.0. The molecule has 1 aliphatic carbocycles. The number of hydrogen-bond donors (Lipinski definition) is 4. The van der Waals surface area contributed by atoms with Gasteiger partial charge in [0.2, 0.25) is 0 Å². The summed E-state index contributed by atoms with van der Waals surface area (Å²) in [6.07, 6.45) is 0.681. The van der Waals surface area contributed by atoms with Crippen LogP contribution in [0.4, 0.5) is 0 Å². The second-order valence-corrected chi connectivity index (χ2v) is 8.75. The first-order chi connectivity index (χ1) is 15.4. The Morgan fingerprint density at radius 1 is 0.743 bits per heavy atom. The SMILES string of the molecule is CC1(C(=O)[O-])CCC(C(=O)[O-])C1(C)C.O=C(O)CN(CCN(CC(=O)O)CC(=O)O)CC(=O)O.[Ca+2]. The number of rotatable bonds is 13. The van der Waals surface area contributed by atoms with Gasteiger partial charge in [0.1, 0.15) is 0 Å². The molecular weight excluding hydrogens is 500 g/mol. The molecule has 0 heterocycles. The quantitative estimate of drug-likeness (QED) is 0.169. The molecule has 2 atom stereocenters. The van der Waals surface area contributed by atoms with Crippen molar-refractivity contribution in [2.75, 3.05) is 39.3 Å². The van der Waals surface area contributed by atoms with Crippen LogP contribution < -0.4 is 10.2 Å². The van der Waals surface area contributed by atoms with Crippen molar-refractivity contribution in [3.8, 4) is 0 Å². The van der Waals surface area contributed by atoms with Crippen LogP contribution in [0, 0.1) is 16.7 Å². The average Bonchev–Trinajstić information content (AvgIpc) is 2.88. The first-order valence-corrected chi connectivity index (χ1v) is 10.2. The van der Waals surface area contributed by atoms with E-state index in [2.05, 4.69) is 0 Å². The first-order valence-electron chi connectivity index (χ1n) is 10.2. The fourth-order valence-corrected chi connectivity index (χ4v) is 3.75. The number of carboxylic acid groups (broad SMARTS) is 6. The summed E-state index contributed by atoms with van der Waals surface area (Å²) in [4.78, 5) is 66.1. The van der Waals surface area contributed by atoms with Crippen LogP contribution in [0.1, 0.15) is 33.6 Å². The Kier molecular flexibility index (Phi) is 15.3. The van der Waals surface area contributed by atoms with Crippen molar-refractivity contribution in [3.05, 3.63) is 0 Å². The van der Waals surface area contributed by atoms with Crippen molar-refractivity contribution in [2.24, 2.45) is 16.7 Å². The minimum atomic E-state index is -1.23. The van der Waals surface area contributed by atoms with Crippen LogP contribution in [0.15, 0.2) is 0 Å². The van der Waals surface area contributed by atoms with Gasteiger partial charge in [-0.15, -0.1) is 0 Å². The number of hydrogen-bond acceptors (Lipinski definition) is 10. The summed E-state index contributed by atoms with van der Waals surface area (Å²) in [6, 6.07) is 0. The third-order valence-electron chi connectivity index (χ3n) is 6.13. The third-order valence-corrected chi connectivity index (χ3v) is 6.13. The van der Waals surface area contributed by atoms with E-state index in [4.69, 9.17) is 20.4 Å². The predicted molar refractivity (Wildman–Crippen MR) is 114 cm³/mol. The van der Waals surface area contributed by atoms with Gasteiger partial charge in [-0.2, -0.15) is 0 Å². The van der Waals surface area contributed by atoms with Gasteiger partial charge in [-0.05, 0) is 18.3 Å². The Hall–Kier alpha value is -2.00. The molecule has 2 unspecified atom stereocenters. The average molecular weight is 531 g/mol. The summed E-state index contributed by atoms with van der Waals surface area (Å²) in [5, 5.41) is 56.3. The summed E-state index contributed by atoms with van der Waals surface area (Å²) in [5.41, 5.74) is -1.89. The normalized spacial score (nSPS) is 20.3. The molecule has 15 heteroatoms. The summed E-state index contributed by atoms with van der Waals surface area (Å²) in [6.45, 7) is 2.59. The zero-order valence-corrected chi connectivity index (χ0v) is 22.1. The fourth-order valence-electron chi connectivity index (χ4n) is 3.75. The number of aliphatic carboxylic acids is 6. The number of carbonyl (C=O) groups is 6. The van der Waals surface area contributed by atoms with E-state index >= 15 is 0 Å². The molecule has 0 radical (unpaired) electrons. The molecule has 35 heavy (non-hydrogen) atoms. The molecule has 4 N–H and O–H groups in total. The fraction of sp³-hybridized carbons (Fsp3) is 0.700. The van der Waals surface area contributed by atoms with E-state index in [1.807, 2.05) is 0 Å². The minimum absolute atomic E-state index is 0. The Bertz CT molecular complexity index is 735. The summed E-state index contributed by atoms with van der Waals surface area (Å²) in [5.74, 6) is -7.95. The molecule has 0 amide bonds. The number of nitrogens with zero attached hydrogens (tertiary/aromatic N) is 2. The first kappa shape index (κ1) is 35.2. The van der Waals surface area contributed by atoms with Crippen LogP contribution in [0.25, 0.3) is 0 Å². The number of carboxylic acids is 6.